The van der Waals surface area contributed by atoms with Crippen molar-refractivity contribution in [3.63, 3.8) is 0 Å². The van der Waals surface area contributed by atoms with E-state index in [1.54, 1.807) is 0 Å². The van der Waals surface area contributed by atoms with Gasteiger partial charge in [-0.1, -0.05) is 18.2 Å². The van der Waals surface area contributed by atoms with Gasteiger partial charge in [-0.15, -0.1) is 10.2 Å². The number of aryl methyl sites for hydroxylation is 1. The minimum Gasteiger partial charge on any atom is -0.415 e. The SMILES string of the molecule is Cc1cccc(-c2nnc(-c3ccc(C(C)(C)C#N)cc3)o2)n1. The number of rotatable bonds is 3. The summed E-state index contributed by atoms with van der Waals surface area (Å²) >= 11 is 0. The van der Waals surface area contributed by atoms with Crippen molar-refractivity contribution in [3.05, 3.63) is 53.7 Å². The average Bonchev–Trinajstić information content (AvgIpc) is 3.05. The second-order valence-electron chi connectivity index (χ2n) is 5.89. The number of aromatic nitrogens is 3. The molecule has 0 fully saturated rings. The Labute approximate surface area is 134 Å². The number of benzene rings is 1. The maximum Gasteiger partial charge on any atom is 0.266 e. The summed E-state index contributed by atoms with van der Waals surface area (Å²) in [4.78, 5) is 4.38. The van der Waals surface area contributed by atoms with Gasteiger partial charge in [-0.3, -0.25) is 0 Å². The first-order chi connectivity index (χ1) is 11.0. The van der Waals surface area contributed by atoms with Gasteiger partial charge in [0.2, 0.25) is 5.89 Å². The van der Waals surface area contributed by atoms with Crippen molar-refractivity contribution in [3.8, 4) is 29.1 Å². The van der Waals surface area contributed by atoms with Gasteiger partial charge in [0, 0.05) is 11.3 Å². The van der Waals surface area contributed by atoms with Crippen LogP contribution in [-0.2, 0) is 5.41 Å². The van der Waals surface area contributed by atoms with Gasteiger partial charge in [-0.2, -0.15) is 5.26 Å². The molecule has 0 amide bonds. The van der Waals surface area contributed by atoms with Crippen LogP contribution in [0.25, 0.3) is 23.0 Å². The predicted octanol–water partition coefficient (Wildman–Crippen LogP) is 3.91. The molecule has 0 aliphatic heterocycles. The molecule has 114 valence electrons. The van der Waals surface area contributed by atoms with Gasteiger partial charge in [0.25, 0.3) is 5.89 Å². The molecule has 0 aliphatic rings. The average molecular weight is 304 g/mol. The highest BCUT2D eigenvalue weighted by atomic mass is 16.4. The van der Waals surface area contributed by atoms with Crippen molar-refractivity contribution >= 4 is 0 Å². The minimum atomic E-state index is -0.524. The third kappa shape index (κ3) is 2.97. The zero-order valence-electron chi connectivity index (χ0n) is 13.2. The molecule has 0 unspecified atom stereocenters. The number of nitriles is 1. The first-order valence-corrected chi connectivity index (χ1v) is 7.29. The molecule has 0 aliphatic carbocycles. The number of hydrogen-bond acceptors (Lipinski definition) is 5. The minimum absolute atomic E-state index is 0.394. The van der Waals surface area contributed by atoms with Crippen LogP contribution in [0, 0.1) is 18.3 Å². The smallest absolute Gasteiger partial charge is 0.266 e. The Kier molecular flexibility index (Phi) is 3.67. The van der Waals surface area contributed by atoms with Crippen molar-refractivity contribution in [2.75, 3.05) is 0 Å². The van der Waals surface area contributed by atoms with Crippen molar-refractivity contribution in [1.29, 1.82) is 5.26 Å². The molecule has 0 N–H and O–H groups in total. The Morgan fingerprint density at radius 3 is 2.35 bits per heavy atom. The summed E-state index contributed by atoms with van der Waals surface area (Å²) in [5.74, 6) is 0.828. The Bertz CT molecular complexity index is 873. The van der Waals surface area contributed by atoms with Crippen LogP contribution < -0.4 is 0 Å². The van der Waals surface area contributed by atoms with Gasteiger partial charge >= 0.3 is 0 Å². The molecule has 0 saturated carbocycles. The predicted molar refractivity (Wildman–Crippen MR) is 86.3 cm³/mol. The maximum atomic E-state index is 9.19. The van der Waals surface area contributed by atoms with Gasteiger partial charge in [0.15, 0.2) is 0 Å². The lowest BCUT2D eigenvalue weighted by Gasteiger charge is -2.15. The van der Waals surface area contributed by atoms with Crippen LogP contribution in [0.2, 0.25) is 0 Å². The molecule has 0 atom stereocenters. The molecule has 2 aromatic heterocycles. The van der Waals surface area contributed by atoms with E-state index in [2.05, 4.69) is 21.3 Å². The molecule has 0 radical (unpaired) electrons. The van der Waals surface area contributed by atoms with E-state index in [9.17, 15) is 5.26 Å². The number of hydrogen-bond donors (Lipinski definition) is 0. The Balaban J connectivity index is 1.91. The molecular formula is C18H16N4O. The fraction of sp³-hybridized carbons (Fsp3) is 0.222. The summed E-state index contributed by atoms with van der Waals surface area (Å²) in [6.45, 7) is 5.68. The summed E-state index contributed by atoms with van der Waals surface area (Å²) in [5.41, 5.74) is 2.79. The Hall–Kier alpha value is -3.00. The molecule has 0 saturated heterocycles. The lowest BCUT2D eigenvalue weighted by Crippen LogP contribution is -2.13. The standard InChI is InChI=1S/C18H16N4O/c1-12-5-4-6-15(20-12)17-22-21-16(23-17)13-7-9-14(10-8-13)18(2,3)11-19/h4-10H,1-3H3. The molecule has 3 rings (SSSR count). The first-order valence-electron chi connectivity index (χ1n) is 7.29. The van der Waals surface area contributed by atoms with Gasteiger partial charge in [0.1, 0.15) is 5.69 Å². The van der Waals surface area contributed by atoms with Crippen LogP contribution in [-0.4, -0.2) is 15.2 Å². The molecule has 0 spiro atoms. The van der Waals surface area contributed by atoms with Crippen molar-refractivity contribution in [1.82, 2.24) is 15.2 Å². The van der Waals surface area contributed by atoms with Gasteiger partial charge in [-0.05, 0) is 50.6 Å². The van der Waals surface area contributed by atoms with Gasteiger partial charge in [0.05, 0.1) is 11.5 Å². The zero-order chi connectivity index (χ0) is 16.4. The van der Waals surface area contributed by atoms with Gasteiger partial charge in [-0.25, -0.2) is 4.98 Å². The molecule has 23 heavy (non-hydrogen) atoms. The van der Waals surface area contributed by atoms with Crippen LogP contribution in [0.15, 0.2) is 46.9 Å². The van der Waals surface area contributed by atoms with Crippen molar-refractivity contribution in [2.24, 2.45) is 0 Å². The summed E-state index contributed by atoms with van der Waals surface area (Å²) in [6, 6.07) is 15.5. The van der Waals surface area contributed by atoms with Crippen LogP contribution in [0.5, 0.6) is 0 Å². The number of nitrogens with zero attached hydrogens (tertiary/aromatic N) is 4. The molecule has 5 nitrogen and oxygen atoms in total. The van der Waals surface area contributed by atoms with E-state index in [1.807, 2.05) is 63.2 Å². The van der Waals surface area contributed by atoms with Crippen molar-refractivity contribution < 1.29 is 4.42 Å². The highest BCUT2D eigenvalue weighted by Crippen LogP contribution is 2.27. The van der Waals surface area contributed by atoms with Crippen LogP contribution >= 0.6 is 0 Å². The summed E-state index contributed by atoms with van der Waals surface area (Å²) in [5, 5.41) is 17.3. The quantitative estimate of drug-likeness (QED) is 0.733. The lowest BCUT2D eigenvalue weighted by molar-refractivity contribution is 0.581. The van der Waals surface area contributed by atoms with Crippen LogP contribution in [0.4, 0.5) is 0 Å². The largest absolute Gasteiger partial charge is 0.415 e. The van der Waals surface area contributed by atoms with E-state index in [4.69, 9.17) is 4.42 Å². The molecule has 5 heteroatoms. The molecule has 0 bridgehead atoms. The highest BCUT2D eigenvalue weighted by molar-refractivity contribution is 5.56. The van der Waals surface area contributed by atoms with Crippen molar-refractivity contribution in [2.45, 2.75) is 26.2 Å². The second-order valence-corrected chi connectivity index (χ2v) is 5.89. The molecular weight excluding hydrogens is 288 g/mol. The fourth-order valence-electron chi connectivity index (χ4n) is 2.20. The van der Waals surface area contributed by atoms with E-state index >= 15 is 0 Å². The summed E-state index contributed by atoms with van der Waals surface area (Å²) in [7, 11) is 0. The summed E-state index contributed by atoms with van der Waals surface area (Å²) < 4.78 is 5.71. The highest BCUT2D eigenvalue weighted by Gasteiger charge is 2.20. The van der Waals surface area contributed by atoms with E-state index in [-0.39, 0.29) is 0 Å². The fourth-order valence-corrected chi connectivity index (χ4v) is 2.20. The summed E-state index contributed by atoms with van der Waals surface area (Å²) in [6.07, 6.45) is 0. The molecule has 2 heterocycles. The normalized spacial score (nSPS) is 11.2. The maximum absolute atomic E-state index is 9.19. The second kappa shape index (κ2) is 5.65. The number of pyridine rings is 1. The monoisotopic (exact) mass is 304 g/mol. The van der Waals surface area contributed by atoms with E-state index in [0.29, 0.717) is 17.5 Å². The van der Waals surface area contributed by atoms with Gasteiger partial charge < -0.3 is 4.42 Å². The van der Waals surface area contributed by atoms with E-state index in [1.165, 1.54) is 0 Å². The topological polar surface area (TPSA) is 75.6 Å². The Morgan fingerprint density at radius 1 is 1.00 bits per heavy atom. The molecule has 3 aromatic rings. The molecule has 1 aromatic carbocycles. The Morgan fingerprint density at radius 2 is 1.70 bits per heavy atom. The lowest BCUT2D eigenvalue weighted by atomic mass is 9.86. The van der Waals surface area contributed by atoms with E-state index < -0.39 is 5.41 Å². The van der Waals surface area contributed by atoms with E-state index in [0.717, 1.165) is 16.8 Å². The zero-order valence-corrected chi connectivity index (χ0v) is 13.2. The first kappa shape index (κ1) is 14.9. The van der Waals surface area contributed by atoms with Crippen LogP contribution in [0.1, 0.15) is 25.1 Å². The van der Waals surface area contributed by atoms with Crippen LogP contribution in [0.3, 0.4) is 0 Å². The third-order valence-corrected chi connectivity index (χ3v) is 3.67. The third-order valence-electron chi connectivity index (χ3n) is 3.67.